The Labute approximate surface area is 141 Å². The molecule has 2 heterocycles. The quantitative estimate of drug-likeness (QED) is 0.502. The number of H-pyrrole nitrogens is 2. The third-order valence-electron chi connectivity index (χ3n) is 5.11. The van der Waals surface area contributed by atoms with Crippen LogP contribution in [0, 0.1) is 6.92 Å². The summed E-state index contributed by atoms with van der Waals surface area (Å²) in [6.45, 7) is 6.45. The first kappa shape index (κ1) is 15.0. The number of nitrogens with two attached hydrogens (primary N) is 1. The van der Waals surface area contributed by atoms with Gasteiger partial charge in [-0.05, 0) is 60.5 Å². The first-order valence-corrected chi connectivity index (χ1v) is 8.49. The Morgan fingerprint density at radius 3 is 2.67 bits per heavy atom. The number of aromatic nitrogens is 2. The molecule has 24 heavy (non-hydrogen) atoms. The van der Waals surface area contributed by atoms with Gasteiger partial charge in [-0.2, -0.15) is 0 Å². The van der Waals surface area contributed by atoms with Gasteiger partial charge in [-0.1, -0.05) is 31.2 Å². The minimum atomic E-state index is -0.585. The molecule has 0 saturated heterocycles. The largest absolute Gasteiger partial charge is 0.361 e. The molecule has 4 rings (SSSR count). The van der Waals surface area contributed by atoms with E-state index in [1.807, 2.05) is 12.3 Å². The normalized spacial score (nSPS) is 14.3. The predicted octanol–water partition coefficient (Wildman–Crippen LogP) is 4.74. The summed E-state index contributed by atoms with van der Waals surface area (Å²) in [6.07, 6.45) is 2.96. The molecule has 4 aromatic rings. The lowest BCUT2D eigenvalue weighted by Crippen LogP contribution is -2.36. The second-order valence-electron chi connectivity index (χ2n) is 6.82. The lowest BCUT2D eigenvalue weighted by molar-refractivity contribution is 0.586. The average molecular weight is 317 g/mol. The first-order chi connectivity index (χ1) is 11.5. The second kappa shape index (κ2) is 5.25. The minimum absolute atomic E-state index is 0.585. The van der Waals surface area contributed by atoms with E-state index in [1.165, 1.54) is 33.0 Å². The van der Waals surface area contributed by atoms with Crippen molar-refractivity contribution in [3.63, 3.8) is 0 Å². The van der Waals surface area contributed by atoms with Gasteiger partial charge in [-0.3, -0.25) is 0 Å². The molecule has 2 aromatic heterocycles. The van der Waals surface area contributed by atoms with Crippen molar-refractivity contribution in [2.24, 2.45) is 5.73 Å². The molecule has 4 N–H and O–H groups in total. The molecule has 1 atom stereocenters. The van der Waals surface area contributed by atoms with Crippen molar-refractivity contribution in [2.45, 2.75) is 32.7 Å². The van der Waals surface area contributed by atoms with Crippen molar-refractivity contribution in [1.82, 2.24) is 9.97 Å². The van der Waals surface area contributed by atoms with Crippen LogP contribution in [0.25, 0.3) is 21.8 Å². The fraction of sp³-hybridized carbons (Fsp3) is 0.238. The lowest BCUT2D eigenvalue weighted by Gasteiger charge is -2.28. The van der Waals surface area contributed by atoms with Gasteiger partial charge >= 0.3 is 0 Å². The van der Waals surface area contributed by atoms with Crippen molar-refractivity contribution in [1.29, 1.82) is 0 Å². The van der Waals surface area contributed by atoms with Crippen molar-refractivity contribution < 1.29 is 0 Å². The maximum absolute atomic E-state index is 6.93. The zero-order valence-electron chi connectivity index (χ0n) is 14.4. The molecule has 2 aromatic carbocycles. The predicted molar refractivity (Wildman–Crippen MR) is 101 cm³/mol. The van der Waals surface area contributed by atoms with Crippen LogP contribution in [0.5, 0.6) is 0 Å². The summed E-state index contributed by atoms with van der Waals surface area (Å²) in [5, 5.41) is 2.41. The van der Waals surface area contributed by atoms with Crippen molar-refractivity contribution in [3.8, 4) is 0 Å². The zero-order chi connectivity index (χ0) is 16.9. The van der Waals surface area contributed by atoms with Gasteiger partial charge in [0.2, 0.25) is 0 Å². The number of aromatic amines is 2. The van der Waals surface area contributed by atoms with Gasteiger partial charge in [0.1, 0.15) is 0 Å². The number of fused-ring (bicyclic) bond motifs is 2. The monoisotopic (exact) mass is 317 g/mol. The van der Waals surface area contributed by atoms with Crippen LogP contribution in [0.15, 0.2) is 48.7 Å². The van der Waals surface area contributed by atoms with Crippen LogP contribution in [0.4, 0.5) is 0 Å². The Bertz CT molecular complexity index is 1000. The fourth-order valence-electron chi connectivity index (χ4n) is 3.86. The fourth-order valence-corrected chi connectivity index (χ4v) is 3.86. The Balaban J connectivity index is 2.01. The topological polar surface area (TPSA) is 57.6 Å². The lowest BCUT2D eigenvalue weighted by atomic mass is 9.82. The summed E-state index contributed by atoms with van der Waals surface area (Å²) in [6, 6.07) is 14.9. The highest BCUT2D eigenvalue weighted by Gasteiger charge is 2.30. The van der Waals surface area contributed by atoms with Crippen LogP contribution in [-0.2, 0) is 12.0 Å². The van der Waals surface area contributed by atoms with Crippen molar-refractivity contribution in [3.05, 3.63) is 71.0 Å². The molecule has 3 nitrogen and oxygen atoms in total. The van der Waals surface area contributed by atoms with Crippen LogP contribution >= 0.6 is 0 Å². The number of aryl methyl sites for hydroxylation is 2. The summed E-state index contributed by atoms with van der Waals surface area (Å²) >= 11 is 0. The number of para-hydroxylation sites is 1. The van der Waals surface area contributed by atoms with Gasteiger partial charge in [-0.15, -0.1) is 0 Å². The molecule has 3 heteroatoms. The molecular formula is C21H23N3. The average Bonchev–Trinajstić information content (AvgIpc) is 3.21. The van der Waals surface area contributed by atoms with E-state index in [9.17, 15) is 0 Å². The van der Waals surface area contributed by atoms with Crippen molar-refractivity contribution in [2.75, 3.05) is 0 Å². The van der Waals surface area contributed by atoms with Gasteiger partial charge < -0.3 is 15.7 Å². The maximum atomic E-state index is 6.93. The smallest absolute Gasteiger partial charge is 0.0797 e. The third kappa shape index (κ3) is 2.09. The molecule has 0 saturated carbocycles. The van der Waals surface area contributed by atoms with E-state index in [4.69, 9.17) is 5.73 Å². The molecule has 1 unspecified atom stereocenters. The molecule has 0 aliphatic carbocycles. The van der Waals surface area contributed by atoms with E-state index in [2.05, 4.69) is 67.1 Å². The van der Waals surface area contributed by atoms with Gasteiger partial charge in [0, 0.05) is 28.3 Å². The van der Waals surface area contributed by atoms with Crippen molar-refractivity contribution >= 4 is 21.8 Å². The van der Waals surface area contributed by atoms with Gasteiger partial charge in [0.05, 0.1) is 5.54 Å². The number of nitrogens with one attached hydrogen (secondary N) is 2. The van der Waals surface area contributed by atoms with E-state index in [0.29, 0.717) is 0 Å². The summed E-state index contributed by atoms with van der Waals surface area (Å²) in [4.78, 5) is 6.89. The number of benzene rings is 2. The zero-order valence-corrected chi connectivity index (χ0v) is 14.4. The van der Waals surface area contributed by atoms with E-state index < -0.39 is 5.54 Å². The molecule has 0 fully saturated rings. The Hall–Kier alpha value is -2.52. The molecule has 0 aliphatic rings. The summed E-state index contributed by atoms with van der Waals surface area (Å²) in [5.74, 6) is 0. The van der Waals surface area contributed by atoms with E-state index in [0.717, 1.165) is 17.6 Å². The number of hydrogen-bond donors (Lipinski definition) is 3. The molecular weight excluding hydrogens is 294 g/mol. The summed E-state index contributed by atoms with van der Waals surface area (Å²) < 4.78 is 0. The third-order valence-corrected chi connectivity index (χ3v) is 5.11. The second-order valence-corrected chi connectivity index (χ2v) is 6.82. The summed E-state index contributed by atoms with van der Waals surface area (Å²) in [5.41, 5.74) is 13.5. The maximum Gasteiger partial charge on any atom is 0.0797 e. The molecule has 0 spiro atoms. The highest BCUT2D eigenvalue weighted by Crippen LogP contribution is 2.37. The van der Waals surface area contributed by atoms with Crippen LogP contribution in [0.3, 0.4) is 0 Å². The van der Waals surface area contributed by atoms with Crippen LogP contribution < -0.4 is 5.73 Å². The van der Waals surface area contributed by atoms with Crippen LogP contribution in [0.2, 0.25) is 0 Å². The van der Waals surface area contributed by atoms with E-state index in [1.54, 1.807) is 0 Å². The van der Waals surface area contributed by atoms with E-state index >= 15 is 0 Å². The minimum Gasteiger partial charge on any atom is -0.361 e. The highest BCUT2D eigenvalue weighted by atomic mass is 14.8. The molecule has 122 valence electrons. The van der Waals surface area contributed by atoms with Crippen LogP contribution in [-0.4, -0.2) is 9.97 Å². The SMILES string of the molecule is CCc1cc(C)c2[nH]ccc2c1C(C)(N)c1cc2ccccc2[nH]1. The van der Waals surface area contributed by atoms with Gasteiger partial charge in [-0.25, -0.2) is 0 Å². The highest BCUT2D eigenvalue weighted by molar-refractivity contribution is 5.89. The molecule has 0 aliphatic heterocycles. The first-order valence-electron chi connectivity index (χ1n) is 8.49. The molecule has 0 bridgehead atoms. The summed E-state index contributed by atoms with van der Waals surface area (Å²) in [7, 11) is 0. The Morgan fingerprint density at radius 1 is 1.12 bits per heavy atom. The van der Waals surface area contributed by atoms with Gasteiger partial charge in [0.15, 0.2) is 0 Å². The molecule has 0 radical (unpaired) electrons. The number of rotatable bonds is 3. The Kier molecular flexibility index (Phi) is 3.29. The van der Waals surface area contributed by atoms with Crippen LogP contribution in [0.1, 0.15) is 36.2 Å². The standard InChI is InChI=1S/C21H23N3/c1-4-14-11-13(2)20-16(9-10-23-20)19(14)21(3,22)18-12-15-7-5-6-8-17(15)24-18/h5-12,23-24H,4,22H2,1-3H3. The van der Waals surface area contributed by atoms with E-state index in [-0.39, 0.29) is 0 Å². The Morgan fingerprint density at radius 2 is 1.92 bits per heavy atom. The molecule has 0 amide bonds. The number of hydrogen-bond acceptors (Lipinski definition) is 1. The van der Waals surface area contributed by atoms with Gasteiger partial charge in [0.25, 0.3) is 0 Å².